The van der Waals surface area contributed by atoms with E-state index in [1.165, 1.54) is 48.6 Å². The first-order valence-electron chi connectivity index (χ1n) is 9.64. The van der Waals surface area contributed by atoms with Gasteiger partial charge in [-0.3, -0.25) is 4.79 Å². The van der Waals surface area contributed by atoms with Crippen molar-refractivity contribution >= 4 is 16.8 Å². The van der Waals surface area contributed by atoms with Crippen LogP contribution in [0.5, 0.6) is 0 Å². The summed E-state index contributed by atoms with van der Waals surface area (Å²) in [4.78, 5) is 14.5. The van der Waals surface area contributed by atoms with Gasteiger partial charge in [0.1, 0.15) is 0 Å². The van der Waals surface area contributed by atoms with Gasteiger partial charge >= 0.3 is 0 Å². The molecule has 4 nitrogen and oxygen atoms in total. The van der Waals surface area contributed by atoms with Crippen LogP contribution >= 0.6 is 0 Å². The van der Waals surface area contributed by atoms with Crippen LogP contribution in [0.3, 0.4) is 0 Å². The fourth-order valence-corrected chi connectivity index (χ4v) is 3.91. The van der Waals surface area contributed by atoms with Crippen LogP contribution in [0.15, 0.2) is 30.5 Å². The lowest BCUT2D eigenvalue weighted by Gasteiger charge is -2.31. The first kappa shape index (κ1) is 18.0. The number of amides is 1. The summed E-state index contributed by atoms with van der Waals surface area (Å²) < 4.78 is 2.12. The van der Waals surface area contributed by atoms with E-state index in [-0.39, 0.29) is 5.91 Å². The van der Waals surface area contributed by atoms with Crippen molar-refractivity contribution in [2.45, 2.75) is 51.0 Å². The molecule has 0 unspecified atom stereocenters. The highest BCUT2D eigenvalue weighted by Crippen LogP contribution is 2.21. The molecular weight excluding hydrogens is 310 g/mol. The molecule has 1 aromatic heterocycles. The Morgan fingerprint density at radius 1 is 1.24 bits per heavy atom. The number of carbonyl (C=O) groups excluding carboxylic acids is 1. The van der Waals surface area contributed by atoms with Gasteiger partial charge in [-0.15, -0.1) is 0 Å². The molecule has 0 radical (unpaired) electrons. The van der Waals surface area contributed by atoms with E-state index < -0.39 is 0 Å². The van der Waals surface area contributed by atoms with Gasteiger partial charge in [-0.2, -0.15) is 0 Å². The van der Waals surface area contributed by atoms with E-state index in [1.54, 1.807) is 0 Å². The molecule has 25 heavy (non-hydrogen) atoms. The number of aromatic nitrogens is 1. The predicted molar refractivity (Wildman–Crippen MR) is 104 cm³/mol. The van der Waals surface area contributed by atoms with Crippen LogP contribution in [0, 0.1) is 0 Å². The number of fused-ring (bicyclic) bond motifs is 1. The van der Waals surface area contributed by atoms with Gasteiger partial charge in [0.25, 0.3) is 0 Å². The molecule has 1 aliphatic carbocycles. The van der Waals surface area contributed by atoms with E-state index in [2.05, 4.69) is 59.3 Å². The summed E-state index contributed by atoms with van der Waals surface area (Å²) >= 11 is 0. The molecule has 3 rings (SSSR count). The smallest absolute Gasteiger partial charge is 0.220 e. The van der Waals surface area contributed by atoms with Crippen LogP contribution in [0.1, 0.15) is 44.1 Å². The Balaban J connectivity index is 1.38. The monoisotopic (exact) mass is 341 g/mol. The van der Waals surface area contributed by atoms with Crippen molar-refractivity contribution < 1.29 is 4.79 Å². The van der Waals surface area contributed by atoms with Gasteiger partial charge in [0.2, 0.25) is 5.91 Å². The number of hydrogen-bond acceptors (Lipinski definition) is 2. The molecule has 0 bridgehead atoms. The zero-order valence-corrected chi connectivity index (χ0v) is 15.6. The lowest BCUT2D eigenvalue weighted by molar-refractivity contribution is -0.121. The number of aryl methyl sites for hydroxylation is 2. The standard InChI is InChI=1S/C21H31N3O/c1-23(19-6-4-3-5-7-19)15-13-22-21(25)11-9-17-8-10-20-18(16-17)12-14-24(20)2/h8,10,12,14,16,19H,3-7,9,11,13,15H2,1-2H3,(H,22,25). The summed E-state index contributed by atoms with van der Waals surface area (Å²) in [5.41, 5.74) is 2.46. The van der Waals surface area contributed by atoms with E-state index in [0.29, 0.717) is 12.5 Å². The summed E-state index contributed by atoms with van der Waals surface area (Å²) in [6.45, 7) is 1.70. The van der Waals surface area contributed by atoms with Gasteiger partial charge < -0.3 is 14.8 Å². The van der Waals surface area contributed by atoms with E-state index in [9.17, 15) is 4.79 Å². The SMILES string of the molecule is CN(CCNC(=O)CCc1ccc2c(ccn2C)c1)C1CCCCC1. The number of nitrogens with one attached hydrogen (secondary N) is 1. The Labute approximate surface area is 151 Å². The maximum Gasteiger partial charge on any atom is 0.220 e. The summed E-state index contributed by atoms with van der Waals surface area (Å²) in [6, 6.07) is 9.30. The number of benzene rings is 1. The summed E-state index contributed by atoms with van der Waals surface area (Å²) in [7, 11) is 4.25. The minimum absolute atomic E-state index is 0.158. The van der Waals surface area contributed by atoms with E-state index in [0.717, 1.165) is 19.5 Å². The molecule has 4 heteroatoms. The summed E-state index contributed by atoms with van der Waals surface area (Å²) in [5, 5.41) is 4.32. The highest BCUT2D eigenvalue weighted by molar-refractivity contribution is 5.81. The third kappa shape index (κ3) is 4.85. The van der Waals surface area contributed by atoms with Crippen molar-refractivity contribution in [3.05, 3.63) is 36.0 Å². The molecule has 1 aliphatic rings. The number of likely N-dealkylation sites (N-methyl/N-ethyl adjacent to an activating group) is 1. The average Bonchev–Trinajstić information content (AvgIpc) is 3.01. The Hall–Kier alpha value is -1.81. The van der Waals surface area contributed by atoms with Crippen molar-refractivity contribution in [1.29, 1.82) is 0 Å². The average molecular weight is 341 g/mol. The Kier molecular flexibility index (Phi) is 6.14. The Morgan fingerprint density at radius 3 is 2.84 bits per heavy atom. The first-order chi connectivity index (χ1) is 12.1. The number of rotatable bonds is 7. The van der Waals surface area contributed by atoms with E-state index in [1.807, 2.05) is 0 Å². The summed E-state index contributed by atoms with van der Waals surface area (Å²) in [5.74, 6) is 0.158. The lowest BCUT2D eigenvalue weighted by Crippen LogP contribution is -2.39. The van der Waals surface area contributed by atoms with Crippen LogP contribution in [0.2, 0.25) is 0 Å². The predicted octanol–water partition coefficient (Wildman–Crippen LogP) is 3.49. The zero-order valence-electron chi connectivity index (χ0n) is 15.6. The molecule has 1 heterocycles. The van der Waals surface area contributed by atoms with E-state index >= 15 is 0 Å². The van der Waals surface area contributed by atoms with Crippen LogP contribution in [0.25, 0.3) is 10.9 Å². The van der Waals surface area contributed by atoms with Crippen LogP contribution in [0.4, 0.5) is 0 Å². The van der Waals surface area contributed by atoms with Gasteiger partial charge in [0, 0.05) is 44.3 Å². The van der Waals surface area contributed by atoms with Crippen molar-refractivity contribution in [2.75, 3.05) is 20.1 Å². The van der Waals surface area contributed by atoms with Crippen molar-refractivity contribution in [2.24, 2.45) is 7.05 Å². The molecule has 1 saturated carbocycles. The highest BCUT2D eigenvalue weighted by atomic mass is 16.1. The van der Waals surface area contributed by atoms with Gasteiger partial charge in [0.05, 0.1) is 0 Å². The molecule has 136 valence electrons. The van der Waals surface area contributed by atoms with Gasteiger partial charge in [0.15, 0.2) is 0 Å². The lowest BCUT2D eigenvalue weighted by atomic mass is 9.94. The summed E-state index contributed by atoms with van der Waals surface area (Å²) in [6.07, 6.45) is 10.2. The van der Waals surface area contributed by atoms with Crippen LogP contribution < -0.4 is 5.32 Å². The van der Waals surface area contributed by atoms with Gasteiger partial charge in [-0.05, 0) is 55.5 Å². The largest absolute Gasteiger partial charge is 0.355 e. The number of nitrogens with zero attached hydrogens (tertiary/aromatic N) is 2. The minimum Gasteiger partial charge on any atom is -0.355 e. The molecular formula is C21H31N3O. The second kappa shape index (κ2) is 8.52. The number of carbonyl (C=O) groups is 1. The fraction of sp³-hybridized carbons (Fsp3) is 0.571. The molecule has 1 aromatic carbocycles. The van der Waals surface area contributed by atoms with Crippen molar-refractivity contribution in [3.8, 4) is 0 Å². The third-order valence-corrected chi connectivity index (χ3v) is 5.58. The third-order valence-electron chi connectivity index (χ3n) is 5.58. The maximum absolute atomic E-state index is 12.1. The molecule has 1 fully saturated rings. The van der Waals surface area contributed by atoms with Gasteiger partial charge in [-0.1, -0.05) is 25.3 Å². The maximum atomic E-state index is 12.1. The molecule has 1 N–H and O–H groups in total. The quantitative estimate of drug-likeness (QED) is 0.837. The molecule has 0 atom stereocenters. The second-order valence-corrected chi connectivity index (χ2v) is 7.44. The van der Waals surface area contributed by atoms with Gasteiger partial charge in [-0.25, -0.2) is 0 Å². The second-order valence-electron chi connectivity index (χ2n) is 7.44. The molecule has 0 aliphatic heterocycles. The molecule has 0 saturated heterocycles. The number of hydrogen-bond donors (Lipinski definition) is 1. The highest BCUT2D eigenvalue weighted by Gasteiger charge is 2.17. The van der Waals surface area contributed by atoms with Crippen molar-refractivity contribution in [3.63, 3.8) is 0 Å². The normalized spacial score (nSPS) is 15.8. The van der Waals surface area contributed by atoms with E-state index in [4.69, 9.17) is 0 Å². The molecule has 0 spiro atoms. The molecule has 2 aromatic rings. The Bertz CT molecular complexity index is 700. The van der Waals surface area contributed by atoms with Crippen molar-refractivity contribution in [1.82, 2.24) is 14.8 Å². The zero-order chi connectivity index (χ0) is 17.6. The van der Waals surface area contributed by atoms with Crippen LogP contribution in [-0.4, -0.2) is 41.6 Å². The molecule has 1 amide bonds. The fourth-order valence-electron chi connectivity index (χ4n) is 3.91. The Morgan fingerprint density at radius 2 is 2.04 bits per heavy atom. The first-order valence-corrected chi connectivity index (χ1v) is 9.64. The van der Waals surface area contributed by atoms with Crippen LogP contribution in [-0.2, 0) is 18.3 Å². The minimum atomic E-state index is 0.158. The topological polar surface area (TPSA) is 37.3 Å².